The summed E-state index contributed by atoms with van der Waals surface area (Å²) in [6.45, 7) is 0. The van der Waals surface area contributed by atoms with Crippen LogP contribution in [0.3, 0.4) is 0 Å². The lowest BCUT2D eigenvalue weighted by Crippen LogP contribution is -2.10. The molecule has 0 amide bonds. The van der Waals surface area contributed by atoms with Crippen molar-refractivity contribution in [2.45, 2.75) is 0 Å². The second-order valence-corrected chi connectivity index (χ2v) is 2.56. The predicted octanol–water partition coefficient (Wildman–Crippen LogP) is -1.22. The maximum absolute atomic E-state index is 9.90. The molecule has 0 spiro atoms. The highest BCUT2D eigenvalue weighted by molar-refractivity contribution is 7.89. The number of nitrogens with two attached hydrogens (primary N) is 1. The minimum atomic E-state index is -4.39. The molecular formula is C3H4NO4S. The predicted molar refractivity (Wildman–Crippen MR) is 29.5 cm³/mol. The highest BCUT2D eigenvalue weighted by atomic mass is 32.2. The van der Waals surface area contributed by atoms with Crippen molar-refractivity contribution in [2.75, 3.05) is 0 Å². The van der Waals surface area contributed by atoms with E-state index in [0.717, 1.165) is 6.29 Å². The molecule has 0 aromatic heterocycles. The minimum Gasteiger partial charge on any atom is -0.387 e. The van der Waals surface area contributed by atoms with E-state index in [1.165, 1.54) is 0 Å². The Morgan fingerprint density at radius 3 is 2.22 bits per heavy atom. The average Bonchev–Trinajstić information content (AvgIpc) is 1.64. The number of allylic oxidation sites excluding steroid dienone is 1. The summed E-state index contributed by atoms with van der Waals surface area (Å²) in [7, 11) is -4.39. The lowest BCUT2D eigenvalue weighted by atomic mass is 10.7. The fourth-order valence-corrected chi connectivity index (χ4v) is 0.330. The molecule has 3 N–H and O–H groups in total. The SMILES string of the molecule is NC(=C[C]=O)S(=O)(=O)O. The molecule has 0 unspecified atom stereocenters. The van der Waals surface area contributed by atoms with Crippen molar-refractivity contribution >= 4 is 16.4 Å². The van der Waals surface area contributed by atoms with Gasteiger partial charge in [0.25, 0.3) is 0 Å². The minimum absolute atomic E-state index is 0.426. The van der Waals surface area contributed by atoms with Gasteiger partial charge in [-0.15, -0.1) is 0 Å². The van der Waals surface area contributed by atoms with Gasteiger partial charge in [-0.1, -0.05) is 0 Å². The van der Waals surface area contributed by atoms with Crippen molar-refractivity contribution in [3.63, 3.8) is 0 Å². The summed E-state index contributed by atoms with van der Waals surface area (Å²) in [6.07, 6.45) is 1.52. The van der Waals surface area contributed by atoms with Crippen LogP contribution in [-0.2, 0) is 14.9 Å². The summed E-state index contributed by atoms with van der Waals surface area (Å²) in [5.74, 6) is 0. The largest absolute Gasteiger partial charge is 0.387 e. The van der Waals surface area contributed by atoms with Crippen LogP contribution in [0.15, 0.2) is 11.1 Å². The van der Waals surface area contributed by atoms with E-state index in [2.05, 4.69) is 5.73 Å². The molecule has 5 nitrogen and oxygen atoms in total. The van der Waals surface area contributed by atoms with Crippen molar-refractivity contribution in [1.29, 1.82) is 0 Å². The smallest absolute Gasteiger partial charge is 0.309 e. The Labute approximate surface area is 51.9 Å². The van der Waals surface area contributed by atoms with Gasteiger partial charge in [-0.3, -0.25) is 9.35 Å². The molecule has 9 heavy (non-hydrogen) atoms. The molecular weight excluding hydrogens is 146 g/mol. The number of hydrogen-bond donors (Lipinski definition) is 2. The van der Waals surface area contributed by atoms with Gasteiger partial charge in [0.1, 0.15) is 0 Å². The van der Waals surface area contributed by atoms with Crippen LogP contribution in [-0.4, -0.2) is 19.3 Å². The Kier molecular flexibility index (Phi) is 2.35. The summed E-state index contributed by atoms with van der Waals surface area (Å²) in [4.78, 5) is 9.40. The third-order valence-electron chi connectivity index (χ3n) is 0.499. The van der Waals surface area contributed by atoms with Gasteiger partial charge in [-0.2, -0.15) is 8.42 Å². The van der Waals surface area contributed by atoms with Gasteiger partial charge >= 0.3 is 10.1 Å². The van der Waals surface area contributed by atoms with E-state index in [9.17, 15) is 13.2 Å². The molecule has 0 aliphatic rings. The molecule has 1 radical (unpaired) electrons. The van der Waals surface area contributed by atoms with Crippen LogP contribution in [0.4, 0.5) is 0 Å². The van der Waals surface area contributed by atoms with E-state index in [-0.39, 0.29) is 0 Å². The van der Waals surface area contributed by atoms with Gasteiger partial charge in [0.05, 0.1) is 0 Å². The number of rotatable bonds is 2. The molecule has 0 atom stereocenters. The summed E-state index contributed by atoms with van der Waals surface area (Å²) in [6, 6.07) is 0. The fourth-order valence-electron chi connectivity index (χ4n) is 0.133. The summed E-state index contributed by atoms with van der Waals surface area (Å²) in [5, 5.41) is -0.905. The molecule has 0 bridgehead atoms. The van der Waals surface area contributed by atoms with E-state index in [0.29, 0.717) is 6.08 Å². The Morgan fingerprint density at radius 2 is 2.11 bits per heavy atom. The van der Waals surface area contributed by atoms with Gasteiger partial charge in [0.15, 0.2) is 5.03 Å². The van der Waals surface area contributed by atoms with Crippen molar-refractivity contribution in [3.8, 4) is 0 Å². The van der Waals surface area contributed by atoms with Crippen LogP contribution < -0.4 is 5.73 Å². The molecule has 0 aliphatic carbocycles. The third kappa shape index (κ3) is 2.83. The highest BCUT2D eigenvalue weighted by Crippen LogP contribution is 1.91. The highest BCUT2D eigenvalue weighted by Gasteiger charge is 2.06. The third-order valence-corrected chi connectivity index (χ3v) is 1.21. The standard InChI is InChI=1S/C3H4NO4S/c4-3(1-2-5)9(6,7)8/h1H,4H2,(H,6,7,8). The Morgan fingerprint density at radius 1 is 1.67 bits per heavy atom. The van der Waals surface area contributed by atoms with E-state index < -0.39 is 15.1 Å². The van der Waals surface area contributed by atoms with Gasteiger partial charge in [0.2, 0.25) is 6.29 Å². The molecule has 0 saturated heterocycles. The van der Waals surface area contributed by atoms with Crippen molar-refractivity contribution < 1.29 is 17.8 Å². The fraction of sp³-hybridized carbons (Fsp3) is 0. The van der Waals surface area contributed by atoms with E-state index in [1.54, 1.807) is 0 Å². The Hall–Kier alpha value is -0.880. The maximum atomic E-state index is 9.90. The molecule has 0 saturated carbocycles. The molecule has 0 aromatic carbocycles. The number of carbonyl (C=O) groups excluding carboxylic acids is 1. The molecule has 0 aliphatic heterocycles. The van der Waals surface area contributed by atoms with Crippen LogP contribution >= 0.6 is 0 Å². The van der Waals surface area contributed by atoms with Crippen LogP contribution in [0.25, 0.3) is 0 Å². The van der Waals surface area contributed by atoms with Gasteiger partial charge in [0, 0.05) is 6.08 Å². The second kappa shape index (κ2) is 2.60. The second-order valence-electron chi connectivity index (χ2n) is 1.14. The van der Waals surface area contributed by atoms with Gasteiger partial charge in [-0.25, -0.2) is 0 Å². The molecule has 51 valence electrons. The van der Waals surface area contributed by atoms with Crippen molar-refractivity contribution in [3.05, 3.63) is 11.1 Å². The lowest BCUT2D eigenvalue weighted by Gasteiger charge is -1.89. The maximum Gasteiger partial charge on any atom is 0.309 e. The van der Waals surface area contributed by atoms with Crippen molar-refractivity contribution in [1.82, 2.24) is 0 Å². The zero-order chi connectivity index (χ0) is 7.49. The quantitative estimate of drug-likeness (QED) is 0.380. The first kappa shape index (κ1) is 8.12. The van der Waals surface area contributed by atoms with Gasteiger partial charge in [-0.05, 0) is 0 Å². The molecule has 6 heteroatoms. The number of hydrogen-bond acceptors (Lipinski definition) is 4. The van der Waals surface area contributed by atoms with Crippen LogP contribution in [0.1, 0.15) is 0 Å². The van der Waals surface area contributed by atoms with Crippen LogP contribution in [0, 0.1) is 0 Å². The normalized spacial score (nSPS) is 13.2. The Balaban J connectivity index is 4.61. The van der Waals surface area contributed by atoms with E-state index >= 15 is 0 Å². The summed E-state index contributed by atoms with van der Waals surface area (Å²) in [5.41, 5.74) is 4.62. The van der Waals surface area contributed by atoms with Crippen molar-refractivity contribution in [2.24, 2.45) is 5.73 Å². The molecule has 0 heterocycles. The molecule has 0 fully saturated rings. The van der Waals surface area contributed by atoms with Crippen LogP contribution in [0.5, 0.6) is 0 Å². The Bertz CT molecular complexity index is 226. The lowest BCUT2D eigenvalue weighted by molar-refractivity contribution is 0.490. The summed E-state index contributed by atoms with van der Waals surface area (Å²) < 4.78 is 27.8. The van der Waals surface area contributed by atoms with E-state index in [4.69, 9.17) is 4.55 Å². The topological polar surface area (TPSA) is 97.5 Å². The van der Waals surface area contributed by atoms with Crippen LogP contribution in [0.2, 0.25) is 0 Å². The zero-order valence-corrected chi connectivity index (χ0v) is 5.05. The monoisotopic (exact) mass is 150 g/mol. The van der Waals surface area contributed by atoms with E-state index in [1.807, 2.05) is 0 Å². The zero-order valence-electron chi connectivity index (χ0n) is 4.23. The van der Waals surface area contributed by atoms with Gasteiger partial charge < -0.3 is 5.73 Å². The average molecular weight is 150 g/mol. The first-order valence-electron chi connectivity index (χ1n) is 1.79. The molecule has 0 aromatic rings. The first-order valence-corrected chi connectivity index (χ1v) is 3.23. The summed E-state index contributed by atoms with van der Waals surface area (Å²) >= 11 is 0. The molecule has 0 rings (SSSR count). The first-order chi connectivity index (χ1) is 3.98.